The summed E-state index contributed by atoms with van der Waals surface area (Å²) in [5.41, 5.74) is 8.50. The Labute approximate surface area is 107 Å². The molecule has 1 atom stereocenters. The van der Waals surface area contributed by atoms with E-state index in [1.165, 1.54) is 10.4 Å². The lowest BCUT2D eigenvalue weighted by Gasteiger charge is -2.10. The second kappa shape index (κ2) is 5.94. The summed E-state index contributed by atoms with van der Waals surface area (Å²) in [7, 11) is 0. The summed E-state index contributed by atoms with van der Waals surface area (Å²) in [5, 5.41) is 2.09. The summed E-state index contributed by atoms with van der Waals surface area (Å²) in [6.45, 7) is 2.14. The molecule has 1 unspecified atom stereocenters. The zero-order chi connectivity index (χ0) is 12.1. The maximum Gasteiger partial charge on any atom is 0.0419 e. The Balaban J connectivity index is 1.91. The van der Waals surface area contributed by atoms with Crippen LogP contribution in [0, 0.1) is 0 Å². The first-order chi connectivity index (χ1) is 8.28. The number of hydrogen-bond acceptors (Lipinski definition) is 3. The molecule has 2 N–H and O–H groups in total. The van der Waals surface area contributed by atoms with Gasteiger partial charge in [-0.05, 0) is 35.9 Å². The number of nitrogens with two attached hydrogens (primary N) is 1. The number of aromatic nitrogens is 1. The highest BCUT2D eigenvalue weighted by molar-refractivity contribution is 7.09. The summed E-state index contributed by atoms with van der Waals surface area (Å²) in [4.78, 5) is 5.79. The average Bonchev–Trinajstić information content (AvgIpc) is 2.82. The van der Waals surface area contributed by atoms with Crippen molar-refractivity contribution in [2.75, 3.05) is 0 Å². The molecular formula is C14H18N2S. The minimum Gasteiger partial charge on any atom is -0.327 e. The highest BCUT2D eigenvalue weighted by atomic mass is 32.1. The molecule has 0 aliphatic carbocycles. The van der Waals surface area contributed by atoms with Gasteiger partial charge in [-0.2, -0.15) is 0 Å². The lowest BCUT2D eigenvalue weighted by molar-refractivity contribution is 0.659. The molecule has 0 bridgehead atoms. The normalized spacial score (nSPS) is 12.6. The molecule has 2 heterocycles. The van der Waals surface area contributed by atoms with Crippen LogP contribution in [0.15, 0.2) is 35.8 Å². The number of thiophene rings is 1. The van der Waals surface area contributed by atoms with Crippen LogP contribution in [0.3, 0.4) is 0 Å². The minimum absolute atomic E-state index is 0.161. The van der Waals surface area contributed by atoms with Crippen molar-refractivity contribution >= 4 is 11.3 Å². The maximum absolute atomic E-state index is 6.13. The van der Waals surface area contributed by atoms with Gasteiger partial charge in [-0.15, -0.1) is 11.3 Å². The van der Waals surface area contributed by atoms with E-state index in [1.807, 2.05) is 6.20 Å². The van der Waals surface area contributed by atoms with Gasteiger partial charge >= 0.3 is 0 Å². The minimum atomic E-state index is 0.161. The fourth-order valence-corrected chi connectivity index (χ4v) is 2.61. The SMILES string of the molecule is CCc1ccc(CC(N)Cc2cccs2)nc1. The molecule has 0 saturated carbocycles. The largest absolute Gasteiger partial charge is 0.327 e. The Bertz CT molecular complexity index is 434. The third kappa shape index (κ3) is 3.65. The molecule has 2 rings (SSSR count). The highest BCUT2D eigenvalue weighted by Crippen LogP contribution is 2.12. The summed E-state index contributed by atoms with van der Waals surface area (Å²) in [5.74, 6) is 0. The number of pyridine rings is 1. The van der Waals surface area contributed by atoms with Crippen molar-refractivity contribution < 1.29 is 0 Å². The Hall–Kier alpha value is -1.19. The topological polar surface area (TPSA) is 38.9 Å². The molecule has 2 aromatic heterocycles. The van der Waals surface area contributed by atoms with Crippen molar-refractivity contribution in [2.45, 2.75) is 32.2 Å². The van der Waals surface area contributed by atoms with E-state index in [1.54, 1.807) is 11.3 Å². The second-order valence-electron chi connectivity index (χ2n) is 4.26. The monoisotopic (exact) mass is 246 g/mol. The third-order valence-electron chi connectivity index (χ3n) is 2.81. The van der Waals surface area contributed by atoms with E-state index in [2.05, 4.69) is 41.6 Å². The molecule has 0 aliphatic rings. The average molecular weight is 246 g/mol. The number of rotatable bonds is 5. The molecule has 0 amide bonds. The molecule has 0 radical (unpaired) electrons. The number of aryl methyl sites for hydroxylation is 1. The van der Waals surface area contributed by atoms with Crippen LogP contribution in [0.2, 0.25) is 0 Å². The molecule has 3 heteroatoms. The summed E-state index contributed by atoms with van der Waals surface area (Å²) in [6, 6.07) is 8.60. The molecule has 0 fully saturated rings. The summed E-state index contributed by atoms with van der Waals surface area (Å²) < 4.78 is 0. The number of nitrogens with zero attached hydrogens (tertiary/aromatic N) is 1. The van der Waals surface area contributed by atoms with E-state index >= 15 is 0 Å². The lowest BCUT2D eigenvalue weighted by Crippen LogP contribution is -2.25. The molecular weight excluding hydrogens is 228 g/mol. The molecule has 2 aromatic rings. The van der Waals surface area contributed by atoms with E-state index in [-0.39, 0.29) is 6.04 Å². The van der Waals surface area contributed by atoms with Crippen LogP contribution < -0.4 is 5.73 Å². The Kier molecular flexibility index (Phi) is 4.29. The van der Waals surface area contributed by atoms with Crippen LogP contribution in [0.5, 0.6) is 0 Å². The fraction of sp³-hybridized carbons (Fsp3) is 0.357. The van der Waals surface area contributed by atoms with Crippen LogP contribution in [0.25, 0.3) is 0 Å². The van der Waals surface area contributed by atoms with Crippen molar-refractivity contribution in [2.24, 2.45) is 5.73 Å². The van der Waals surface area contributed by atoms with E-state index in [4.69, 9.17) is 5.73 Å². The van der Waals surface area contributed by atoms with Gasteiger partial charge in [0.15, 0.2) is 0 Å². The molecule has 90 valence electrons. The quantitative estimate of drug-likeness (QED) is 0.881. The van der Waals surface area contributed by atoms with Gasteiger partial charge in [-0.25, -0.2) is 0 Å². The first-order valence-electron chi connectivity index (χ1n) is 5.99. The van der Waals surface area contributed by atoms with Crippen LogP contribution >= 0.6 is 11.3 Å². The van der Waals surface area contributed by atoms with Crippen molar-refractivity contribution in [3.05, 3.63) is 52.0 Å². The van der Waals surface area contributed by atoms with E-state index in [0.29, 0.717) is 0 Å². The van der Waals surface area contributed by atoms with Crippen LogP contribution in [-0.2, 0) is 19.3 Å². The van der Waals surface area contributed by atoms with Gasteiger partial charge in [0.2, 0.25) is 0 Å². The van der Waals surface area contributed by atoms with Crippen molar-refractivity contribution in [1.82, 2.24) is 4.98 Å². The smallest absolute Gasteiger partial charge is 0.0419 e. The predicted octanol–water partition coefficient (Wildman–Crippen LogP) is 2.82. The Morgan fingerprint density at radius 2 is 2.18 bits per heavy atom. The molecule has 0 aliphatic heterocycles. The Morgan fingerprint density at radius 1 is 1.29 bits per heavy atom. The van der Waals surface area contributed by atoms with E-state index < -0.39 is 0 Å². The fourth-order valence-electron chi connectivity index (χ4n) is 1.81. The van der Waals surface area contributed by atoms with Gasteiger partial charge in [0.1, 0.15) is 0 Å². The summed E-state index contributed by atoms with van der Waals surface area (Å²) in [6.07, 6.45) is 4.78. The van der Waals surface area contributed by atoms with Crippen LogP contribution in [0.1, 0.15) is 23.1 Å². The van der Waals surface area contributed by atoms with Gasteiger partial charge in [-0.1, -0.05) is 19.1 Å². The van der Waals surface area contributed by atoms with E-state index in [0.717, 1.165) is 25.0 Å². The molecule has 0 spiro atoms. The van der Waals surface area contributed by atoms with Crippen LogP contribution in [-0.4, -0.2) is 11.0 Å². The van der Waals surface area contributed by atoms with Gasteiger partial charge in [0.25, 0.3) is 0 Å². The van der Waals surface area contributed by atoms with Gasteiger partial charge in [0, 0.05) is 29.2 Å². The van der Waals surface area contributed by atoms with Gasteiger partial charge in [0.05, 0.1) is 0 Å². The standard InChI is InChI=1S/C14H18N2S/c1-2-11-5-6-13(16-10-11)8-12(15)9-14-4-3-7-17-14/h3-7,10,12H,2,8-9,15H2,1H3. The first kappa shape index (κ1) is 12.3. The third-order valence-corrected chi connectivity index (χ3v) is 3.71. The maximum atomic E-state index is 6.13. The van der Waals surface area contributed by atoms with Gasteiger partial charge < -0.3 is 5.73 Å². The zero-order valence-corrected chi connectivity index (χ0v) is 10.9. The van der Waals surface area contributed by atoms with E-state index in [9.17, 15) is 0 Å². The van der Waals surface area contributed by atoms with Crippen molar-refractivity contribution in [1.29, 1.82) is 0 Å². The van der Waals surface area contributed by atoms with Crippen LogP contribution in [0.4, 0.5) is 0 Å². The molecule has 2 nitrogen and oxygen atoms in total. The molecule has 0 saturated heterocycles. The van der Waals surface area contributed by atoms with Gasteiger partial charge in [-0.3, -0.25) is 4.98 Å². The zero-order valence-electron chi connectivity index (χ0n) is 10.1. The predicted molar refractivity (Wildman–Crippen MR) is 73.3 cm³/mol. The molecule has 17 heavy (non-hydrogen) atoms. The second-order valence-corrected chi connectivity index (χ2v) is 5.29. The lowest BCUT2D eigenvalue weighted by atomic mass is 10.1. The highest BCUT2D eigenvalue weighted by Gasteiger charge is 2.07. The van der Waals surface area contributed by atoms with Crippen molar-refractivity contribution in [3.8, 4) is 0 Å². The first-order valence-corrected chi connectivity index (χ1v) is 6.87. The molecule has 0 aromatic carbocycles. The number of hydrogen-bond donors (Lipinski definition) is 1. The van der Waals surface area contributed by atoms with Crippen molar-refractivity contribution in [3.63, 3.8) is 0 Å². The Morgan fingerprint density at radius 3 is 2.76 bits per heavy atom. The summed E-state index contributed by atoms with van der Waals surface area (Å²) >= 11 is 1.77.